The Morgan fingerprint density at radius 2 is 1.90 bits per heavy atom. The van der Waals surface area contributed by atoms with Crippen LogP contribution in [-0.2, 0) is 6.54 Å². The van der Waals surface area contributed by atoms with Gasteiger partial charge < -0.3 is 10.1 Å². The molecule has 0 spiro atoms. The summed E-state index contributed by atoms with van der Waals surface area (Å²) in [4.78, 5) is 0. The predicted octanol–water partition coefficient (Wildman–Crippen LogP) is 4.77. The quantitative estimate of drug-likeness (QED) is 0.835. The van der Waals surface area contributed by atoms with Crippen LogP contribution in [0.5, 0.6) is 11.5 Å². The fourth-order valence-electron chi connectivity index (χ4n) is 1.99. The zero-order valence-electron chi connectivity index (χ0n) is 11.2. The standard InChI is InChI=1S/C16H14BrF2NO/c17-11-2-1-10(9-20-13-4-5-13)16(7-11)21-15-6-3-12(18)8-14(15)19/h1-3,6-8,13,20H,4-5,9H2. The fraction of sp³-hybridized carbons (Fsp3) is 0.250. The lowest BCUT2D eigenvalue weighted by atomic mass is 10.2. The first-order valence-corrected chi connectivity index (χ1v) is 7.56. The molecule has 3 rings (SSSR count). The molecule has 1 aliphatic rings. The molecule has 2 nitrogen and oxygen atoms in total. The summed E-state index contributed by atoms with van der Waals surface area (Å²) >= 11 is 3.38. The predicted molar refractivity (Wildman–Crippen MR) is 80.4 cm³/mol. The van der Waals surface area contributed by atoms with Gasteiger partial charge in [0.2, 0.25) is 0 Å². The van der Waals surface area contributed by atoms with Gasteiger partial charge in [-0.25, -0.2) is 8.78 Å². The van der Waals surface area contributed by atoms with Crippen molar-refractivity contribution in [3.8, 4) is 11.5 Å². The third-order valence-corrected chi connectivity index (χ3v) is 3.79. The third kappa shape index (κ3) is 3.80. The normalized spacial score (nSPS) is 14.2. The molecule has 1 N–H and O–H groups in total. The van der Waals surface area contributed by atoms with E-state index < -0.39 is 11.6 Å². The number of benzene rings is 2. The maximum Gasteiger partial charge on any atom is 0.168 e. The second-order valence-electron chi connectivity index (χ2n) is 5.08. The summed E-state index contributed by atoms with van der Waals surface area (Å²) in [6, 6.07) is 9.49. The zero-order chi connectivity index (χ0) is 14.8. The van der Waals surface area contributed by atoms with Crippen molar-refractivity contribution in [2.75, 3.05) is 0 Å². The molecule has 0 radical (unpaired) electrons. The lowest BCUT2D eigenvalue weighted by Crippen LogP contribution is -2.15. The molecule has 0 saturated heterocycles. The molecule has 0 unspecified atom stereocenters. The lowest BCUT2D eigenvalue weighted by Gasteiger charge is -2.13. The Hall–Kier alpha value is -1.46. The van der Waals surface area contributed by atoms with Gasteiger partial charge in [0, 0.05) is 28.7 Å². The summed E-state index contributed by atoms with van der Waals surface area (Å²) in [5.74, 6) is -0.758. The van der Waals surface area contributed by atoms with Crippen LogP contribution >= 0.6 is 15.9 Å². The average molecular weight is 354 g/mol. The van der Waals surface area contributed by atoms with Crippen LogP contribution < -0.4 is 10.1 Å². The second-order valence-corrected chi connectivity index (χ2v) is 6.00. The van der Waals surface area contributed by atoms with Gasteiger partial charge in [0.05, 0.1) is 0 Å². The van der Waals surface area contributed by atoms with Crippen LogP contribution in [-0.4, -0.2) is 6.04 Å². The van der Waals surface area contributed by atoms with Gasteiger partial charge in [-0.2, -0.15) is 0 Å². The van der Waals surface area contributed by atoms with Crippen molar-refractivity contribution >= 4 is 15.9 Å². The molecule has 1 fully saturated rings. The minimum absolute atomic E-state index is 0.0159. The summed E-state index contributed by atoms with van der Waals surface area (Å²) in [5.41, 5.74) is 0.939. The van der Waals surface area contributed by atoms with E-state index >= 15 is 0 Å². The lowest BCUT2D eigenvalue weighted by molar-refractivity contribution is 0.431. The van der Waals surface area contributed by atoms with E-state index in [1.807, 2.05) is 12.1 Å². The highest BCUT2D eigenvalue weighted by Gasteiger charge is 2.21. The van der Waals surface area contributed by atoms with Gasteiger partial charge in [-0.15, -0.1) is 0 Å². The van der Waals surface area contributed by atoms with Crippen LogP contribution in [0.1, 0.15) is 18.4 Å². The molecule has 21 heavy (non-hydrogen) atoms. The van der Waals surface area contributed by atoms with Crippen LogP contribution in [0, 0.1) is 11.6 Å². The Morgan fingerprint density at radius 3 is 2.62 bits per heavy atom. The Kier molecular flexibility index (Phi) is 4.22. The van der Waals surface area contributed by atoms with Crippen molar-refractivity contribution in [3.63, 3.8) is 0 Å². The zero-order valence-corrected chi connectivity index (χ0v) is 12.8. The van der Waals surface area contributed by atoms with Gasteiger partial charge in [0.25, 0.3) is 0 Å². The van der Waals surface area contributed by atoms with Crippen molar-refractivity contribution in [3.05, 3.63) is 58.1 Å². The van der Waals surface area contributed by atoms with Crippen molar-refractivity contribution in [2.45, 2.75) is 25.4 Å². The Balaban J connectivity index is 1.83. The fourth-order valence-corrected chi connectivity index (χ4v) is 2.33. The van der Waals surface area contributed by atoms with E-state index in [1.165, 1.54) is 25.0 Å². The highest BCUT2D eigenvalue weighted by molar-refractivity contribution is 9.10. The molecule has 2 aromatic carbocycles. The van der Waals surface area contributed by atoms with E-state index in [2.05, 4.69) is 21.2 Å². The maximum atomic E-state index is 13.7. The minimum Gasteiger partial charge on any atom is -0.454 e. The monoisotopic (exact) mass is 353 g/mol. The highest BCUT2D eigenvalue weighted by atomic mass is 79.9. The number of ether oxygens (including phenoxy) is 1. The van der Waals surface area contributed by atoms with E-state index in [9.17, 15) is 8.78 Å². The van der Waals surface area contributed by atoms with Crippen molar-refractivity contribution < 1.29 is 13.5 Å². The second kappa shape index (κ2) is 6.12. The van der Waals surface area contributed by atoms with Gasteiger partial charge in [0.1, 0.15) is 11.6 Å². The summed E-state index contributed by atoms with van der Waals surface area (Å²) < 4.78 is 33.1. The molecule has 0 aliphatic heterocycles. The summed E-state index contributed by atoms with van der Waals surface area (Å²) in [5, 5.41) is 3.39. The molecule has 0 aromatic heterocycles. The van der Waals surface area contributed by atoms with E-state index in [0.717, 1.165) is 16.1 Å². The van der Waals surface area contributed by atoms with Gasteiger partial charge in [0.15, 0.2) is 11.6 Å². The number of rotatable bonds is 5. The van der Waals surface area contributed by atoms with Crippen molar-refractivity contribution in [2.24, 2.45) is 0 Å². The molecule has 1 aliphatic carbocycles. The Labute approximate surface area is 130 Å². The first kappa shape index (κ1) is 14.5. The van der Waals surface area contributed by atoms with Crippen LogP contribution in [0.2, 0.25) is 0 Å². The van der Waals surface area contributed by atoms with E-state index in [1.54, 1.807) is 6.07 Å². The van der Waals surface area contributed by atoms with Crippen LogP contribution in [0.3, 0.4) is 0 Å². The molecular weight excluding hydrogens is 340 g/mol. The first-order chi connectivity index (χ1) is 10.1. The molecule has 5 heteroatoms. The number of nitrogens with one attached hydrogen (secondary N) is 1. The Morgan fingerprint density at radius 1 is 1.10 bits per heavy atom. The first-order valence-electron chi connectivity index (χ1n) is 6.76. The van der Waals surface area contributed by atoms with E-state index in [0.29, 0.717) is 18.3 Å². The number of hydrogen-bond acceptors (Lipinski definition) is 2. The van der Waals surface area contributed by atoms with E-state index in [-0.39, 0.29) is 5.75 Å². The maximum absolute atomic E-state index is 13.7. The smallest absolute Gasteiger partial charge is 0.168 e. The van der Waals surface area contributed by atoms with Gasteiger partial charge >= 0.3 is 0 Å². The van der Waals surface area contributed by atoms with Crippen molar-refractivity contribution in [1.82, 2.24) is 5.32 Å². The van der Waals surface area contributed by atoms with Gasteiger partial charge in [-0.05, 0) is 37.1 Å². The molecule has 110 valence electrons. The highest BCUT2D eigenvalue weighted by Crippen LogP contribution is 2.31. The minimum atomic E-state index is -0.712. The molecule has 0 atom stereocenters. The SMILES string of the molecule is Fc1ccc(Oc2cc(Br)ccc2CNC2CC2)c(F)c1. The summed E-state index contributed by atoms with van der Waals surface area (Å²) in [7, 11) is 0. The van der Waals surface area contributed by atoms with Crippen LogP contribution in [0.25, 0.3) is 0 Å². The molecule has 2 aromatic rings. The molecular formula is C16H14BrF2NO. The summed E-state index contributed by atoms with van der Waals surface area (Å²) in [6.45, 7) is 0.663. The molecule has 0 amide bonds. The largest absolute Gasteiger partial charge is 0.454 e. The average Bonchev–Trinajstić information content (AvgIpc) is 3.25. The van der Waals surface area contributed by atoms with E-state index in [4.69, 9.17) is 4.74 Å². The van der Waals surface area contributed by atoms with Crippen molar-refractivity contribution in [1.29, 1.82) is 0 Å². The van der Waals surface area contributed by atoms with Crippen LogP contribution in [0.4, 0.5) is 8.78 Å². The Bertz CT molecular complexity index is 659. The van der Waals surface area contributed by atoms with Gasteiger partial charge in [-0.1, -0.05) is 22.0 Å². The van der Waals surface area contributed by atoms with Gasteiger partial charge in [-0.3, -0.25) is 0 Å². The molecule has 0 bridgehead atoms. The van der Waals surface area contributed by atoms with Crippen LogP contribution in [0.15, 0.2) is 40.9 Å². The molecule has 1 saturated carbocycles. The number of hydrogen-bond donors (Lipinski definition) is 1. The molecule has 0 heterocycles. The summed E-state index contributed by atoms with van der Waals surface area (Å²) in [6.07, 6.45) is 2.39. The topological polar surface area (TPSA) is 21.3 Å². The number of halogens is 3. The third-order valence-electron chi connectivity index (χ3n) is 3.30.